The molecule has 0 amide bonds. The summed E-state index contributed by atoms with van der Waals surface area (Å²) in [7, 11) is 0. The predicted molar refractivity (Wildman–Crippen MR) is 120 cm³/mol. The Kier molecular flexibility index (Phi) is 10.3. The molecule has 1 aromatic carbocycles. The normalized spacial score (nSPS) is 30.8. The zero-order valence-electron chi connectivity index (χ0n) is 19.6. The molecule has 4 rings (SSSR count). The predicted octanol–water partition coefficient (Wildman–Crippen LogP) is 2.85. The van der Waals surface area contributed by atoms with Gasteiger partial charge in [0.1, 0.15) is 5.75 Å². The van der Waals surface area contributed by atoms with Crippen LogP contribution in [0.2, 0.25) is 0 Å². The molecule has 0 heterocycles. The van der Waals surface area contributed by atoms with Gasteiger partial charge in [0.15, 0.2) is 0 Å². The Balaban J connectivity index is 0.000000381. The van der Waals surface area contributed by atoms with Gasteiger partial charge in [0, 0.05) is 20.8 Å². The number of benzene rings is 1. The van der Waals surface area contributed by atoms with Gasteiger partial charge < -0.3 is 30.6 Å². The first-order valence-corrected chi connectivity index (χ1v) is 11.0. The van der Waals surface area contributed by atoms with Crippen LogP contribution in [0.25, 0.3) is 0 Å². The monoisotopic (exact) mass is 468 g/mol. The van der Waals surface area contributed by atoms with Crippen LogP contribution in [0.15, 0.2) is 18.2 Å². The summed E-state index contributed by atoms with van der Waals surface area (Å²) < 4.78 is 0. The molecule has 2 fully saturated rings. The minimum absolute atomic E-state index is 0.116. The average Bonchev–Trinajstić information content (AvgIpc) is 2.90. The van der Waals surface area contributed by atoms with Crippen LogP contribution in [0.4, 0.5) is 0 Å². The maximum atomic E-state index is 10.4. The number of rotatable bonds is 0. The summed E-state index contributed by atoms with van der Waals surface area (Å²) in [6.07, 6.45) is 3.80. The molecule has 0 unspecified atom stereocenters. The van der Waals surface area contributed by atoms with Crippen LogP contribution < -0.4 is 0 Å². The fourth-order valence-corrected chi connectivity index (χ4v) is 5.56. The first kappa shape index (κ1) is 28.4. The number of carbonyl (C=O) groups is 3. The van der Waals surface area contributed by atoms with Crippen molar-refractivity contribution in [2.75, 3.05) is 0 Å². The second-order valence-electron chi connectivity index (χ2n) is 9.15. The van der Waals surface area contributed by atoms with Gasteiger partial charge in [0.2, 0.25) is 0 Å². The molecule has 6 N–H and O–H groups in total. The van der Waals surface area contributed by atoms with Gasteiger partial charge in [-0.05, 0) is 78.5 Å². The maximum absolute atomic E-state index is 10.4. The second-order valence-corrected chi connectivity index (χ2v) is 9.15. The Hall–Kier alpha value is -2.65. The molecule has 3 aliphatic carbocycles. The summed E-state index contributed by atoms with van der Waals surface area (Å²) in [5, 5.41) is 52.5. The van der Waals surface area contributed by atoms with Crippen LogP contribution in [0.5, 0.6) is 5.75 Å². The molecule has 33 heavy (non-hydrogen) atoms. The van der Waals surface area contributed by atoms with Crippen LogP contribution in [-0.2, 0) is 20.8 Å². The van der Waals surface area contributed by atoms with Gasteiger partial charge in [0.05, 0.1) is 12.2 Å². The zero-order valence-corrected chi connectivity index (χ0v) is 19.6. The number of aliphatic hydroxyl groups is 2. The molecule has 186 valence electrons. The molecule has 9 heteroatoms. The molecule has 0 radical (unpaired) electrons. The number of carboxylic acid groups (broad SMARTS) is 3. The van der Waals surface area contributed by atoms with Crippen molar-refractivity contribution in [3.8, 4) is 5.75 Å². The number of aryl methyl sites for hydroxylation is 1. The second kappa shape index (κ2) is 12.0. The van der Waals surface area contributed by atoms with Crippen molar-refractivity contribution in [2.24, 2.45) is 17.3 Å². The molecule has 2 saturated carbocycles. The van der Waals surface area contributed by atoms with Crippen molar-refractivity contribution in [2.45, 2.75) is 77.9 Å². The van der Waals surface area contributed by atoms with Gasteiger partial charge in [0.25, 0.3) is 17.9 Å². The Labute approximate surface area is 193 Å². The third-order valence-corrected chi connectivity index (χ3v) is 6.68. The largest absolute Gasteiger partial charge is 0.508 e. The molecule has 0 bridgehead atoms. The molecular weight excluding hydrogens is 432 g/mol. The molecule has 6 atom stereocenters. The lowest BCUT2D eigenvalue weighted by Crippen LogP contribution is -2.44. The van der Waals surface area contributed by atoms with Crippen LogP contribution >= 0.6 is 0 Å². The van der Waals surface area contributed by atoms with Gasteiger partial charge in [-0.15, -0.1) is 0 Å². The summed E-state index contributed by atoms with van der Waals surface area (Å²) in [5.41, 5.74) is 2.57. The summed E-state index contributed by atoms with van der Waals surface area (Å²) in [5.74, 6) is -0.625. The Bertz CT molecular complexity index is 797. The average molecular weight is 469 g/mol. The fraction of sp³-hybridized carbons (Fsp3) is 0.625. The lowest BCUT2D eigenvalue weighted by atomic mass is 9.55. The fourth-order valence-electron chi connectivity index (χ4n) is 5.56. The van der Waals surface area contributed by atoms with Crippen molar-refractivity contribution in [3.63, 3.8) is 0 Å². The lowest BCUT2D eigenvalue weighted by Gasteiger charge is -2.49. The highest BCUT2D eigenvalue weighted by Crippen LogP contribution is 2.60. The van der Waals surface area contributed by atoms with E-state index < -0.39 is 30.1 Å². The number of hydrogen-bond acceptors (Lipinski definition) is 6. The van der Waals surface area contributed by atoms with Gasteiger partial charge in [-0.25, -0.2) is 0 Å². The minimum Gasteiger partial charge on any atom is -0.508 e. The standard InChI is InChI=1S/C18H24O3.3C2H4O2/c1-18-7-6-13-12-5-3-11(19)8-10(12)2-4-14(13)15(18)9-16(20)17(18)21;3*1-2(3)4/h3,5,8,13-17,19-21H,2,4,6-7,9H2,1H3;3*1H3,(H,3,4)/t13-,14-,15+,16-,17+,18+;;;/m1.../s1. The Morgan fingerprint density at radius 1 is 0.939 bits per heavy atom. The number of phenols is 1. The van der Waals surface area contributed by atoms with Crippen molar-refractivity contribution < 1.29 is 45.0 Å². The quantitative estimate of drug-likeness (QED) is 0.335. The van der Waals surface area contributed by atoms with Crippen molar-refractivity contribution >= 4 is 17.9 Å². The number of aliphatic hydroxyl groups excluding tert-OH is 2. The zero-order chi connectivity index (χ0) is 25.5. The molecule has 9 nitrogen and oxygen atoms in total. The lowest BCUT2D eigenvalue weighted by molar-refractivity contribution is -0.135. The number of aromatic hydroxyl groups is 1. The van der Waals surface area contributed by atoms with E-state index >= 15 is 0 Å². The van der Waals surface area contributed by atoms with E-state index in [2.05, 4.69) is 13.0 Å². The number of fused-ring (bicyclic) bond motifs is 5. The third kappa shape index (κ3) is 7.71. The highest BCUT2D eigenvalue weighted by Gasteiger charge is 2.57. The van der Waals surface area contributed by atoms with Gasteiger partial charge in [-0.2, -0.15) is 0 Å². The van der Waals surface area contributed by atoms with E-state index in [9.17, 15) is 15.3 Å². The number of aliphatic carboxylic acids is 3. The van der Waals surface area contributed by atoms with Crippen LogP contribution in [0.3, 0.4) is 0 Å². The van der Waals surface area contributed by atoms with Crippen LogP contribution in [0.1, 0.15) is 70.4 Å². The molecule has 3 aliphatic rings. The van der Waals surface area contributed by atoms with Gasteiger partial charge in [-0.1, -0.05) is 13.0 Å². The summed E-state index contributed by atoms with van der Waals surface area (Å²) in [6, 6.07) is 5.80. The van der Waals surface area contributed by atoms with Crippen molar-refractivity contribution in [1.82, 2.24) is 0 Å². The molecule has 0 saturated heterocycles. The SMILES string of the molecule is CC(=O)O.CC(=O)O.CC(=O)O.C[C@]12CC[C@@H]3c4ccc(O)cc4CC[C@H]3[C@@H]1C[C@@H](O)[C@@H]2O. The minimum atomic E-state index is -0.833. The van der Waals surface area contributed by atoms with E-state index in [1.165, 1.54) is 11.1 Å². The van der Waals surface area contributed by atoms with Crippen molar-refractivity contribution in [1.29, 1.82) is 0 Å². The molecule has 1 aromatic rings. The summed E-state index contributed by atoms with van der Waals surface area (Å²) >= 11 is 0. The Morgan fingerprint density at radius 2 is 1.45 bits per heavy atom. The Morgan fingerprint density at radius 3 is 1.97 bits per heavy atom. The van der Waals surface area contributed by atoms with Gasteiger partial charge >= 0.3 is 0 Å². The number of carboxylic acids is 3. The molecular formula is C24H36O9. The van der Waals surface area contributed by atoms with E-state index in [-0.39, 0.29) is 5.41 Å². The molecule has 0 spiro atoms. The smallest absolute Gasteiger partial charge is 0.300 e. The third-order valence-electron chi connectivity index (χ3n) is 6.68. The number of phenolic OH excluding ortho intramolecular Hbond substituents is 1. The van der Waals surface area contributed by atoms with E-state index in [1.807, 2.05) is 6.07 Å². The topological polar surface area (TPSA) is 173 Å². The van der Waals surface area contributed by atoms with E-state index in [1.54, 1.807) is 6.07 Å². The number of hydrogen-bond donors (Lipinski definition) is 6. The van der Waals surface area contributed by atoms with Crippen LogP contribution in [0, 0.1) is 17.3 Å². The van der Waals surface area contributed by atoms with E-state index in [0.717, 1.165) is 52.9 Å². The highest BCUT2D eigenvalue weighted by molar-refractivity contribution is 5.63. The highest BCUT2D eigenvalue weighted by atomic mass is 16.4. The van der Waals surface area contributed by atoms with Gasteiger partial charge in [-0.3, -0.25) is 14.4 Å². The van der Waals surface area contributed by atoms with Crippen molar-refractivity contribution in [3.05, 3.63) is 29.3 Å². The maximum Gasteiger partial charge on any atom is 0.300 e. The first-order valence-electron chi connectivity index (χ1n) is 11.0. The summed E-state index contributed by atoms with van der Waals surface area (Å²) in [6.45, 7) is 5.42. The first-order chi connectivity index (χ1) is 15.2. The van der Waals surface area contributed by atoms with Crippen LogP contribution in [-0.4, -0.2) is 60.8 Å². The van der Waals surface area contributed by atoms with E-state index in [4.69, 9.17) is 29.7 Å². The molecule has 0 aliphatic heterocycles. The summed E-state index contributed by atoms with van der Waals surface area (Å²) in [4.78, 5) is 27.0. The van der Waals surface area contributed by atoms with E-state index in [0.29, 0.717) is 23.5 Å². The molecule has 0 aromatic heterocycles.